The third kappa shape index (κ3) is 7.00. The summed E-state index contributed by atoms with van der Waals surface area (Å²) in [7, 11) is 4.90. The van der Waals surface area contributed by atoms with Gasteiger partial charge < -0.3 is 19.1 Å². The molecule has 5 nitrogen and oxygen atoms in total. The highest BCUT2D eigenvalue weighted by Gasteiger charge is 2.21. The molecule has 0 saturated carbocycles. The van der Waals surface area contributed by atoms with E-state index >= 15 is 0 Å². The molecule has 2 rings (SSSR count). The van der Waals surface area contributed by atoms with Crippen LogP contribution in [0.4, 0.5) is 0 Å². The van der Waals surface area contributed by atoms with Crippen LogP contribution < -0.4 is 14.2 Å². The molecule has 29 heavy (non-hydrogen) atoms. The number of carbonyl (C=O) groups excluding carboxylic acids is 1. The topological polar surface area (TPSA) is 48.0 Å². The molecule has 158 valence electrons. The lowest BCUT2D eigenvalue weighted by Crippen LogP contribution is -2.34. The van der Waals surface area contributed by atoms with E-state index in [1.165, 1.54) is 0 Å². The van der Waals surface area contributed by atoms with E-state index in [1.54, 1.807) is 21.3 Å². The van der Waals surface area contributed by atoms with Crippen LogP contribution in [0.1, 0.15) is 38.3 Å². The van der Waals surface area contributed by atoms with Crippen LogP contribution in [0.15, 0.2) is 42.5 Å². The number of carbonyl (C=O) groups is 1. The fourth-order valence-corrected chi connectivity index (χ4v) is 3.11. The van der Waals surface area contributed by atoms with E-state index < -0.39 is 0 Å². The molecule has 1 amide bonds. The van der Waals surface area contributed by atoms with E-state index in [0.29, 0.717) is 31.0 Å². The molecule has 0 spiro atoms. The second-order valence-electron chi connectivity index (χ2n) is 8.34. The van der Waals surface area contributed by atoms with E-state index in [-0.39, 0.29) is 11.3 Å². The molecule has 2 aromatic carbocycles. The maximum atomic E-state index is 13.0. The Labute approximate surface area is 174 Å². The summed E-state index contributed by atoms with van der Waals surface area (Å²) < 4.78 is 15.9. The first-order valence-corrected chi connectivity index (χ1v) is 9.87. The average molecular weight is 400 g/mol. The third-order valence-corrected chi connectivity index (χ3v) is 4.69. The molecule has 5 heteroatoms. The van der Waals surface area contributed by atoms with Crippen LogP contribution in [0.3, 0.4) is 0 Å². The summed E-state index contributed by atoms with van der Waals surface area (Å²) in [5, 5.41) is 0. The van der Waals surface area contributed by atoms with Gasteiger partial charge in [0.1, 0.15) is 5.75 Å². The van der Waals surface area contributed by atoms with Gasteiger partial charge in [-0.3, -0.25) is 4.79 Å². The Morgan fingerprint density at radius 2 is 1.48 bits per heavy atom. The van der Waals surface area contributed by atoms with Crippen LogP contribution in [0, 0.1) is 5.41 Å². The molecule has 0 saturated heterocycles. The van der Waals surface area contributed by atoms with Crippen molar-refractivity contribution in [2.75, 3.05) is 27.9 Å². The number of benzene rings is 2. The predicted octanol–water partition coefficient (Wildman–Crippen LogP) is 4.72. The maximum Gasteiger partial charge on any atom is 0.223 e. The molecule has 0 bridgehead atoms. The molecule has 0 N–H and O–H groups in total. The first kappa shape index (κ1) is 22.6. The molecular weight excluding hydrogens is 366 g/mol. The molecule has 2 aromatic rings. The Bertz CT molecular complexity index is 794. The number of rotatable bonds is 9. The SMILES string of the molecule is COc1ccc(CN(CCc2ccc(OC)c(OC)c2)C(=O)CC(C)(C)C)cc1. The van der Waals surface area contributed by atoms with Crippen molar-refractivity contribution in [2.45, 2.75) is 40.2 Å². The van der Waals surface area contributed by atoms with Gasteiger partial charge in [-0.05, 0) is 47.2 Å². The van der Waals surface area contributed by atoms with E-state index in [2.05, 4.69) is 20.8 Å². The van der Waals surface area contributed by atoms with Crippen molar-refractivity contribution in [3.8, 4) is 17.2 Å². The van der Waals surface area contributed by atoms with Crippen molar-refractivity contribution in [1.82, 2.24) is 4.90 Å². The second kappa shape index (κ2) is 10.2. The average Bonchev–Trinajstić information content (AvgIpc) is 2.69. The van der Waals surface area contributed by atoms with Crippen LogP contribution in [0.25, 0.3) is 0 Å². The standard InChI is InChI=1S/C24H33NO4/c1-24(2,3)16-23(26)25(17-19-7-10-20(27-4)11-8-19)14-13-18-9-12-21(28-5)22(15-18)29-6/h7-12,15H,13-14,16-17H2,1-6H3. The van der Waals surface area contributed by atoms with Gasteiger partial charge in [0, 0.05) is 19.5 Å². The van der Waals surface area contributed by atoms with Gasteiger partial charge in [-0.1, -0.05) is 39.0 Å². The molecule has 0 aliphatic heterocycles. The van der Waals surface area contributed by atoms with Gasteiger partial charge in [-0.2, -0.15) is 0 Å². The van der Waals surface area contributed by atoms with Crippen LogP contribution in [-0.4, -0.2) is 38.7 Å². The molecule has 0 heterocycles. The number of ether oxygens (including phenoxy) is 3. The monoisotopic (exact) mass is 399 g/mol. The molecule has 0 aliphatic rings. The van der Waals surface area contributed by atoms with Crippen molar-refractivity contribution in [2.24, 2.45) is 5.41 Å². The number of nitrogens with zero attached hydrogens (tertiary/aromatic N) is 1. The summed E-state index contributed by atoms with van der Waals surface area (Å²) in [4.78, 5) is 14.9. The van der Waals surface area contributed by atoms with E-state index in [9.17, 15) is 4.79 Å². The van der Waals surface area contributed by atoms with Crippen molar-refractivity contribution in [3.05, 3.63) is 53.6 Å². The smallest absolute Gasteiger partial charge is 0.223 e. The zero-order chi connectivity index (χ0) is 21.4. The fraction of sp³-hybridized carbons (Fsp3) is 0.458. The molecular formula is C24H33NO4. The molecule has 0 fully saturated rings. The van der Waals surface area contributed by atoms with Gasteiger partial charge >= 0.3 is 0 Å². The summed E-state index contributed by atoms with van der Waals surface area (Å²) >= 11 is 0. The van der Waals surface area contributed by atoms with Crippen LogP contribution in [-0.2, 0) is 17.8 Å². The Kier molecular flexibility index (Phi) is 7.94. The minimum atomic E-state index is -0.0570. The summed E-state index contributed by atoms with van der Waals surface area (Å²) in [5.74, 6) is 2.38. The summed E-state index contributed by atoms with van der Waals surface area (Å²) in [6.45, 7) is 7.48. The largest absolute Gasteiger partial charge is 0.497 e. The highest BCUT2D eigenvalue weighted by atomic mass is 16.5. The molecule has 0 unspecified atom stereocenters. The van der Waals surface area contributed by atoms with Crippen molar-refractivity contribution in [1.29, 1.82) is 0 Å². The van der Waals surface area contributed by atoms with Crippen LogP contribution in [0.2, 0.25) is 0 Å². The minimum Gasteiger partial charge on any atom is -0.497 e. The quantitative estimate of drug-likeness (QED) is 0.612. The molecule has 0 aliphatic carbocycles. The Hall–Kier alpha value is -2.69. The van der Waals surface area contributed by atoms with Crippen LogP contribution in [0.5, 0.6) is 17.2 Å². The van der Waals surface area contributed by atoms with Crippen molar-refractivity contribution < 1.29 is 19.0 Å². The van der Waals surface area contributed by atoms with Gasteiger partial charge in [-0.25, -0.2) is 0 Å². The molecule has 0 radical (unpaired) electrons. The van der Waals surface area contributed by atoms with Gasteiger partial charge in [0.2, 0.25) is 5.91 Å². The highest BCUT2D eigenvalue weighted by molar-refractivity contribution is 5.76. The highest BCUT2D eigenvalue weighted by Crippen LogP contribution is 2.28. The van der Waals surface area contributed by atoms with Gasteiger partial charge in [0.15, 0.2) is 11.5 Å². The Morgan fingerprint density at radius 1 is 0.862 bits per heavy atom. The fourth-order valence-electron chi connectivity index (χ4n) is 3.11. The number of hydrogen-bond acceptors (Lipinski definition) is 4. The van der Waals surface area contributed by atoms with E-state index in [1.807, 2.05) is 47.4 Å². The number of amides is 1. The first-order valence-electron chi connectivity index (χ1n) is 9.87. The lowest BCUT2D eigenvalue weighted by Gasteiger charge is -2.27. The van der Waals surface area contributed by atoms with Gasteiger partial charge in [-0.15, -0.1) is 0 Å². The molecule has 0 atom stereocenters. The lowest BCUT2D eigenvalue weighted by atomic mass is 9.91. The predicted molar refractivity (Wildman–Crippen MR) is 116 cm³/mol. The Morgan fingerprint density at radius 3 is 2.03 bits per heavy atom. The van der Waals surface area contributed by atoms with Crippen LogP contribution >= 0.6 is 0 Å². The van der Waals surface area contributed by atoms with E-state index in [4.69, 9.17) is 14.2 Å². The van der Waals surface area contributed by atoms with Gasteiger partial charge in [0.25, 0.3) is 0 Å². The molecule has 0 aromatic heterocycles. The van der Waals surface area contributed by atoms with Gasteiger partial charge in [0.05, 0.1) is 21.3 Å². The van der Waals surface area contributed by atoms with E-state index in [0.717, 1.165) is 23.3 Å². The normalized spacial score (nSPS) is 11.1. The summed E-state index contributed by atoms with van der Waals surface area (Å²) in [6.07, 6.45) is 1.25. The lowest BCUT2D eigenvalue weighted by molar-refractivity contribution is -0.133. The number of methoxy groups -OCH3 is 3. The van der Waals surface area contributed by atoms with Crippen molar-refractivity contribution >= 4 is 5.91 Å². The van der Waals surface area contributed by atoms with Crippen molar-refractivity contribution in [3.63, 3.8) is 0 Å². The zero-order valence-corrected chi connectivity index (χ0v) is 18.5. The maximum absolute atomic E-state index is 13.0. The minimum absolute atomic E-state index is 0.0570. The number of hydrogen-bond donors (Lipinski definition) is 0. The third-order valence-electron chi connectivity index (χ3n) is 4.69. The summed E-state index contributed by atoms with van der Waals surface area (Å²) in [5.41, 5.74) is 2.13. The zero-order valence-electron chi connectivity index (χ0n) is 18.5. The summed E-state index contributed by atoms with van der Waals surface area (Å²) in [6, 6.07) is 13.8. The Balaban J connectivity index is 2.14. The second-order valence-corrected chi connectivity index (χ2v) is 8.34. The first-order chi connectivity index (χ1) is 13.8.